The minimum Gasteiger partial charge on any atom is -0.496 e. The molecule has 0 aliphatic carbocycles. The van der Waals surface area contributed by atoms with Gasteiger partial charge in [0.15, 0.2) is 0 Å². The van der Waals surface area contributed by atoms with Crippen LogP contribution in [0.2, 0.25) is 0 Å². The number of aryl methyl sites for hydroxylation is 1. The van der Waals surface area contributed by atoms with E-state index in [0.717, 1.165) is 11.1 Å². The number of nitrogens with zero attached hydrogens (tertiary/aromatic N) is 2. The fraction of sp³-hybridized carbons (Fsp3) is 0.360. The van der Waals surface area contributed by atoms with Gasteiger partial charge in [0.1, 0.15) is 11.4 Å². The van der Waals surface area contributed by atoms with E-state index in [2.05, 4.69) is 0 Å². The van der Waals surface area contributed by atoms with Gasteiger partial charge in [0.05, 0.1) is 31.6 Å². The van der Waals surface area contributed by atoms with E-state index in [1.165, 1.54) is 4.90 Å². The Morgan fingerprint density at radius 1 is 0.844 bits per heavy atom. The van der Waals surface area contributed by atoms with Crippen LogP contribution in [-0.2, 0) is 19.1 Å². The second-order valence-corrected chi connectivity index (χ2v) is 7.56. The number of ether oxygens (including phenoxy) is 3. The SMILES string of the molecule is COCCN(CCOC)C1=C(c2ccccc2OC)C(=O)N(c2cccc(C)c2C)C1=O. The fourth-order valence-corrected chi connectivity index (χ4v) is 3.84. The number of imide groups is 1. The van der Waals surface area contributed by atoms with Gasteiger partial charge >= 0.3 is 0 Å². The molecule has 0 unspecified atom stereocenters. The van der Waals surface area contributed by atoms with Gasteiger partial charge in [-0.25, -0.2) is 4.90 Å². The summed E-state index contributed by atoms with van der Waals surface area (Å²) in [5.74, 6) is -0.206. The second kappa shape index (κ2) is 10.4. The summed E-state index contributed by atoms with van der Waals surface area (Å²) < 4.78 is 16.1. The molecule has 7 nitrogen and oxygen atoms in total. The lowest BCUT2D eigenvalue weighted by Gasteiger charge is -2.26. The first-order chi connectivity index (χ1) is 15.5. The van der Waals surface area contributed by atoms with Crippen molar-refractivity contribution in [3.8, 4) is 5.75 Å². The number of amides is 2. The molecule has 0 aromatic heterocycles. The van der Waals surface area contributed by atoms with E-state index in [1.807, 2.05) is 43.0 Å². The van der Waals surface area contributed by atoms with Crippen LogP contribution >= 0.6 is 0 Å². The molecule has 1 heterocycles. The third-order valence-corrected chi connectivity index (χ3v) is 5.70. The summed E-state index contributed by atoms with van der Waals surface area (Å²) in [4.78, 5) is 30.8. The predicted molar refractivity (Wildman–Crippen MR) is 124 cm³/mol. The number of hydrogen-bond acceptors (Lipinski definition) is 6. The van der Waals surface area contributed by atoms with Gasteiger partial charge in [-0.15, -0.1) is 0 Å². The van der Waals surface area contributed by atoms with Crippen LogP contribution in [0.25, 0.3) is 5.57 Å². The summed E-state index contributed by atoms with van der Waals surface area (Å²) in [5.41, 5.74) is 3.70. The second-order valence-electron chi connectivity index (χ2n) is 7.56. The normalized spacial score (nSPS) is 13.8. The van der Waals surface area contributed by atoms with Crippen LogP contribution in [0.3, 0.4) is 0 Å². The van der Waals surface area contributed by atoms with Gasteiger partial charge < -0.3 is 19.1 Å². The first kappa shape index (κ1) is 23.5. The van der Waals surface area contributed by atoms with Crippen molar-refractivity contribution in [1.82, 2.24) is 4.90 Å². The predicted octanol–water partition coefficient (Wildman–Crippen LogP) is 3.19. The highest BCUT2D eigenvalue weighted by Gasteiger charge is 2.43. The van der Waals surface area contributed by atoms with Gasteiger partial charge in [0.25, 0.3) is 11.8 Å². The highest BCUT2D eigenvalue weighted by molar-refractivity contribution is 6.45. The molecule has 0 saturated heterocycles. The number of para-hydroxylation sites is 1. The number of rotatable bonds is 10. The molecule has 3 rings (SSSR count). The summed E-state index contributed by atoms with van der Waals surface area (Å²) in [6.07, 6.45) is 0. The number of carbonyl (C=O) groups excluding carboxylic acids is 2. The van der Waals surface area contributed by atoms with Gasteiger partial charge in [0, 0.05) is 32.9 Å². The van der Waals surface area contributed by atoms with E-state index in [9.17, 15) is 9.59 Å². The molecule has 32 heavy (non-hydrogen) atoms. The van der Waals surface area contributed by atoms with Gasteiger partial charge in [-0.1, -0.05) is 30.3 Å². The first-order valence-corrected chi connectivity index (χ1v) is 10.5. The standard InChI is InChI=1S/C25H30N2O5/c1-17-9-8-11-20(18(17)2)27-24(28)22(19-10-6-7-12-21(19)32-5)23(25(27)29)26(13-15-30-3)14-16-31-4/h6-12H,13-16H2,1-5H3. The van der Waals surface area contributed by atoms with Crippen LogP contribution in [0, 0.1) is 13.8 Å². The van der Waals surface area contributed by atoms with Crippen molar-refractivity contribution in [2.75, 3.05) is 52.5 Å². The van der Waals surface area contributed by atoms with Crippen LogP contribution in [-0.4, -0.2) is 64.3 Å². The van der Waals surface area contributed by atoms with Crippen LogP contribution in [0.5, 0.6) is 5.75 Å². The fourth-order valence-electron chi connectivity index (χ4n) is 3.84. The molecule has 0 radical (unpaired) electrons. The van der Waals surface area contributed by atoms with Crippen molar-refractivity contribution in [2.24, 2.45) is 0 Å². The molecule has 7 heteroatoms. The maximum absolute atomic E-state index is 13.8. The summed E-state index contributed by atoms with van der Waals surface area (Å²) >= 11 is 0. The largest absolute Gasteiger partial charge is 0.496 e. The van der Waals surface area contributed by atoms with E-state index < -0.39 is 0 Å². The molecule has 1 aliphatic heterocycles. The minimum atomic E-state index is -0.372. The number of carbonyl (C=O) groups is 2. The van der Waals surface area contributed by atoms with E-state index in [-0.39, 0.29) is 11.8 Å². The smallest absolute Gasteiger partial charge is 0.282 e. The first-order valence-electron chi connectivity index (χ1n) is 10.5. The molecule has 0 spiro atoms. The van der Waals surface area contributed by atoms with Gasteiger partial charge in [0.2, 0.25) is 0 Å². The van der Waals surface area contributed by atoms with E-state index in [1.54, 1.807) is 39.5 Å². The van der Waals surface area contributed by atoms with Crippen LogP contribution in [0.4, 0.5) is 5.69 Å². The third kappa shape index (κ3) is 4.40. The summed E-state index contributed by atoms with van der Waals surface area (Å²) in [6.45, 7) is 5.55. The van der Waals surface area contributed by atoms with Gasteiger partial charge in [-0.3, -0.25) is 9.59 Å². The van der Waals surface area contributed by atoms with E-state index in [0.29, 0.717) is 54.6 Å². The highest BCUT2D eigenvalue weighted by Crippen LogP contribution is 2.39. The maximum Gasteiger partial charge on any atom is 0.282 e. The van der Waals surface area contributed by atoms with Crippen LogP contribution < -0.4 is 9.64 Å². The zero-order valence-electron chi connectivity index (χ0n) is 19.3. The quantitative estimate of drug-likeness (QED) is 0.531. The van der Waals surface area contributed by atoms with Crippen molar-refractivity contribution in [2.45, 2.75) is 13.8 Å². The van der Waals surface area contributed by atoms with E-state index >= 15 is 0 Å². The Bertz CT molecular complexity index is 1020. The van der Waals surface area contributed by atoms with Gasteiger partial charge in [-0.2, -0.15) is 0 Å². The maximum atomic E-state index is 13.8. The summed E-state index contributed by atoms with van der Waals surface area (Å²) in [5, 5.41) is 0. The molecule has 1 aliphatic rings. The molecular formula is C25H30N2O5. The average Bonchev–Trinajstić information content (AvgIpc) is 3.05. The topological polar surface area (TPSA) is 68.3 Å². The van der Waals surface area contributed by atoms with Crippen molar-refractivity contribution in [1.29, 1.82) is 0 Å². The number of methoxy groups -OCH3 is 3. The highest BCUT2D eigenvalue weighted by atomic mass is 16.5. The summed E-state index contributed by atoms with van der Waals surface area (Å²) in [6, 6.07) is 12.9. The minimum absolute atomic E-state index is 0.320. The zero-order chi connectivity index (χ0) is 23.3. The Kier molecular flexibility index (Phi) is 7.66. The Morgan fingerprint density at radius 2 is 1.50 bits per heavy atom. The number of hydrogen-bond donors (Lipinski definition) is 0. The molecular weight excluding hydrogens is 408 g/mol. The molecule has 0 atom stereocenters. The molecule has 0 bridgehead atoms. The van der Waals surface area contributed by atoms with Crippen molar-refractivity contribution in [3.05, 3.63) is 64.9 Å². The molecule has 2 amide bonds. The lowest BCUT2D eigenvalue weighted by molar-refractivity contribution is -0.120. The van der Waals surface area contributed by atoms with Crippen LogP contribution in [0.15, 0.2) is 48.2 Å². The number of anilines is 1. The van der Waals surface area contributed by atoms with Gasteiger partial charge in [-0.05, 0) is 37.1 Å². The average molecular weight is 439 g/mol. The Hall–Kier alpha value is -3.16. The molecule has 2 aromatic carbocycles. The molecule has 0 saturated carbocycles. The van der Waals surface area contributed by atoms with Crippen molar-refractivity contribution in [3.63, 3.8) is 0 Å². The Balaban J connectivity index is 2.21. The lowest BCUT2D eigenvalue weighted by atomic mass is 10.0. The summed E-state index contributed by atoms with van der Waals surface area (Å²) in [7, 11) is 4.76. The molecule has 0 fully saturated rings. The Morgan fingerprint density at radius 3 is 2.12 bits per heavy atom. The van der Waals surface area contributed by atoms with Crippen LogP contribution in [0.1, 0.15) is 16.7 Å². The molecule has 0 N–H and O–H groups in total. The Labute approximate surface area is 189 Å². The number of benzene rings is 2. The third-order valence-electron chi connectivity index (χ3n) is 5.70. The lowest BCUT2D eigenvalue weighted by Crippen LogP contribution is -2.38. The van der Waals surface area contributed by atoms with Crippen molar-refractivity contribution >= 4 is 23.1 Å². The van der Waals surface area contributed by atoms with Crippen molar-refractivity contribution < 1.29 is 23.8 Å². The zero-order valence-corrected chi connectivity index (χ0v) is 19.3. The van der Waals surface area contributed by atoms with E-state index in [4.69, 9.17) is 14.2 Å². The molecule has 170 valence electrons. The monoisotopic (exact) mass is 438 g/mol. The molecule has 2 aromatic rings.